The van der Waals surface area contributed by atoms with Crippen molar-refractivity contribution in [2.45, 2.75) is 79.6 Å². The van der Waals surface area contributed by atoms with Gasteiger partial charge in [-0.15, -0.1) is 5.10 Å². The molecular formula is C29H38N6O. The molecule has 0 fully saturated rings. The SMILES string of the molecule is CCC(C)(C)n1nnnc1[C@@H](C(C)C)N(Cc1ccc(C)cc1)Cc1cc2cccc(C)c2[nH]c1=O. The number of aromatic amines is 1. The van der Waals surface area contributed by atoms with E-state index in [0.29, 0.717) is 13.1 Å². The molecule has 0 saturated heterocycles. The third-order valence-corrected chi connectivity index (χ3v) is 7.27. The molecule has 0 aliphatic heterocycles. The number of nitrogens with zero attached hydrogens (tertiary/aromatic N) is 5. The molecule has 4 rings (SSSR count). The van der Waals surface area contributed by atoms with E-state index >= 15 is 0 Å². The molecule has 7 nitrogen and oxygen atoms in total. The van der Waals surface area contributed by atoms with Gasteiger partial charge >= 0.3 is 0 Å². The van der Waals surface area contributed by atoms with E-state index in [1.807, 2.05) is 29.8 Å². The number of H-pyrrole nitrogens is 1. The number of tetrazole rings is 1. The highest BCUT2D eigenvalue weighted by Crippen LogP contribution is 2.33. The summed E-state index contributed by atoms with van der Waals surface area (Å²) in [6.07, 6.45) is 0.900. The first kappa shape index (κ1) is 25.8. The molecule has 7 heteroatoms. The van der Waals surface area contributed by atoms with Crippen LogP contribution in [0.4, 0.5) is 0 Å². The molecule has 0 aliphatic carbocycles. The van der Waals surface area contributed by atoms with Crippen LogP contribution in [0.3, 0.4) is 0 Å². The van der Waals surface area contributed by atoms with Gasteiger partial charge in [-0.2, -0.15) is 0 Å². The van der Waals surface area contributed by atoms with E-state index in [1.165, 1.54) is 11.1 Å². The normalized spacial score (nSPS) is 13.1. The Kier molecular flexibility index (Phi) is 7.41. The van der Waals surface area contributed by atoms with Crippen molar-refractivity contribution in [2.75, 3.05) is 0 Å². The molecule has 1 N–H and O–H groups in total. The van der Waals surface area contributed by atoms with E-state index in [0.717, 1.165) is 34.3 Å². The lowest BCUT2D eigenvalue weighted by molar-refractivity contribution is 0.118. The molecule has 0 amide bonds. The fourth-order valence-electron chi connectivity index (χ4n) is 4.79. The number of hydrogen-bond donors (Lipinski definition) is 1. The minimum Gasteiger partial charge on any atom is -0.321 e. The molecule has 0 saturated carbocycles. The molecule has 2 heterocycles. The molecule has 0 aliphatic rings. The second-order valence-electron chi connectivity index (χ2n) is 10.9. The third kappa shape index (κ3) is 5.26. The highest BCUT2D eigenvalue weighted by Gasteiger charge is 2.33. The quantitative estimate of drug-likeness (QED) is 0.329. The van der Waals surface area contributed by atoms with Crippen molar-refractivity contribution in [1.82, 2.24) is 30.1 Å². The molecule has 1 atom stereocenters. The van der Waals surface area contributed by atoms with Crippen molar-refractivity contribution >= 4 is 10.9 Å². The van der Waals surface area contributed by atoms with Crippen LogP contribution in [0.1, 0.15) is 75.2 Å². The van der Waals surface area contributed by atoms with Crippen LogP contribution < -0.4 is 5.56 Å². The number of benzene rings is 2. The lowest BCUT2D eigenvalue weighted by Gasteiger charge is -2.35. The van der Waals surface area contributed by atoms with Crippen LogP contribution in [0.5, 0.6) is 0 Å². The smallest absolute Gasteiger partial charge is 0.252 e. The lowest BCUT2D eigenvalue weighted by atomic mass is 9.96. The maximum absolute atomic E-state index is 13.2. The van der Waals surface area contributed by atoms with E-state index in [9.17, 15) is 4.79 Å². The summed E-state index contributed by atoms with van der Waals surface area (Å²) in [6, 6.07) is 16.6. The molecule has 0 bridgehead atoms. The summed E-state index contributed by atoms with van der Waals surface area (Å²) in [7, 11) is 0. The zero-order chi connectivity index (χ0) is 26.0. The molecule has 2 aromatic heterocycles. The van der Waals surface area contributed by atoms with Crippen LogP contribution in [-0.2, 0) is 18.6 Å². The molecule has 190 valence electrons. The van der Waals surface area contributed by atoms with Crippen LogP contribution >= 0.6 is 0 Å². The summed E-state index contributed by atoms with van der Waals surface area (Å²) in [5, 5.41) is 14.1. The van der Waals surface area contributed by atoms with Crippen LogP contribution in [0.25, 0.3) is 10.9 Å². The molecule has 2 aromatic carbocycles. The highest BCUT2D eigenvalue weighted by atomic mass is 16.1. The Balaban J connectivity index is 1.82. The first-order valence-corrected chi connectivity index (χ1v) is 12.8. The fourth-order valence-corrected chi connectivity index (χ4v) is 4.79. The molecular weight excluding hydrogens is 448 g/mol. The summed E-state index contributed by atoms with van der Waals surface area (Å²) in [5.74, 6) is 1.05. The number of para-hydroxylation sites is 1. The van der Waals surface area contributed by atoms with Gasteiger partial charge in [0.1, 0.15) is 0 Å². The number of pyridine rings is 1. The number of aryl methyl sites for hydroxylation is 2. The van der Waals surface area contributed by atoms with E-state index in [2.05, 4.69) is 97.3 Å². The van der Waals surface area contributed by atoms with Gasteiger partial charge in [-0.3, -0.25) is 9.69 Å². The number of rotatable bonds is 9. The van der Waals surface area contributed by atoms with Crippen LogP contribution in [-0.4, -0.2) is 30.1 Å². The molecule has 0 radical (unpaired) electrons. The third-order valence-electron chi connectivity index (χ3n) is 7.27. The van der Waals surface area contributed by atoms with Crippen molar-refractivity contribution < 1.29 is 0 Å². The predicted molar refractivity (Wildman–Crippen MR) is 145 cm³/mol. The summed E-state index contributed by atoms with van der Waals surface area (Å²) >= 11 is 0. The maximum atomic E-state index is 13.2. The Morgan fingerprint density at radius 2 is 1.78 bits per heavy atom. The van der Waals surface area contributed by atoms with Crippen molar-refractivity contribution in [1.29, 1.82) is 0 Å². The second kappa shape index (κ2) is 10.3. The zero-order valence-electron chi connectivity index (χ0n) is 22.5. The minimum atomic E-state index is -0.223. The Bertz CT molecular complexity index is 1380. The van der Waals surface area contributed by atoms with Gasteiger partial charge in [0.25, 0.3) is 5.56 Å². The van der Waals surface area contributed by atoms with Crippen LogP contribution in [0, 0.1) is 19.8 Å². The molecule has 0 unspecified atom stereocenters. The Labute approximate surface area is 213 Å². The summed E-state index contributed by atoms with van der Waals surface area (Å²) < 4.78 is 1.97. The van der Waals surface area contributed by atoms with Gasteiger partial charge in [0.15, 0.2) is 5.82 Å². The second-order valence-corrected chi connectivity index (χ2v) is 10.9. The van der Waals surface area contributed by atoms with Gasteiger partial charge in [-0.1, -0.05) is 68.8 Å². The molecule has 4 aromatic rings. The molecule has 0 spiro atoms. The number of hydrogen-bond acceptors (Lipinski definition) is 5. The fraction of sp³-hybridized carbons (Fsp3) is 0.448. The Morgan fingerprint density at radius 3 is 2.44 bits per heavy atom. The number of nitrogens with one attached hydrogen (secondary N) is 1. The topological polar surface area (TPSA) is 79.7 Å². The van der Waals surface area contributed by atoms with Gasteiger partial charge < -0.3 is 4.98 Å². The predicted octanol–water partition coefficient (Wildman–Crippen LogP) is 5.68. The average molecular weight is 487 g/mol. The molecule has 36 heavy (non-hydrogen) atoms. The van der Waals surface area contributed by atoms with E-state index in [-0.39, 0.29) is 23.1 Å². The van der Waals surface area contributed by atoms with Gasteiger partial charge in [-0.05, 0) is 73.0 Å². The van der Waals surface area contributed by atoms with Gasteiger partial charge in [0, 0.05) is 18.7 Å². The standard InChI is InChI=1S/C29H38N6O/c1-8-29(6,7)35-27(31-32-33-35)26(19(2)3)34(17-22-14-12-20(4)13-15-22)18-24-16-23-11-9-10-21(5)25(23)30-28(24)36/h9-16,19,26H,8,17-18H2,1-7H3,(H,30,36)/t26-/m1/s1. The van der Waals surface area contributed by atoms with Gasteiger partial charge in [0.2, 0.25) is 0 Å². The zero-order valence-corrected chi connectivity index (χ0v) is 22.5. The monoisotopic (exact) mass is 486 g/mol. The van der Waals surface area contributed by atoms with Crippen molar-refractivity contribution in [3.05, 3.63) is 87.0 Å². The summed E-state index contributed by atoms with van der Waals surface area (Å²) in [5.41, 5.74) is 4.83. The Hall–Kier alpha value is -3.32. The van der Waals surface area contributed by atoms with Crippen LogP contribution in [0.15, 0.2) is 53.3 Å². The van der Waals surface area contributed by atoms with Gasteiger partial charge in [0.05, 0.1) is 17.1 Å². The Morgan fingerprint density at radius 1 is 1.06 bits per heavy atom. The van der Waals surface area contributed by atoms with Crippen molar-refractivity contribution in [3.8, 4) is 0 Å². The van der Waals surface area contributed by atoms with E-state index < -0.39 is 0 Å². The van der Waals surface area contributed by atoms with E-state index in [4.69, 9.17) is 0 Å². The van der Waals surface area contributed by atoms with Crippen LogP contribution in [0.2, 0.25) is 0 Å². The first-order valence-electron chi connectivity index (χ1n) is 12.8. The van der Waals surface area contributed by atoms with Crippen molar-refractivity contribution in [3.63, 3.8) is 0 Å². The van der Waals surface area contributed by atoms with Crippen molar-refractivity contribution in [2.24, 2.45) is 5.92 Å². The summed E-state index contributed by atoms with van der Waals surface area (Å²) in [6.45, 7) is 16.1. The largest absolute Gasteiger partial charge is 0.321 e. The van der Waals surface area contributed by atoms with E-state index in [1.54, 1.807) is 0 Å². The average Bonchev–Trinajstić information content (AvgIpc) is 3.32. The number of aromatic nitrogens is 5. The maximum Gasteiger partial charge on any atom is 0.252 e. The summed E-state index contributed by atoms with van der Waals surface area (Å²) in [4.78, 5) is 18.7. The number of fused-ring (bicyclic) bond motifs is 1. The lowest BCUT2D eigenvalue weighted by Crippen LogP contribution is -2.38. The minimum absolute atomic E-state index is 0.0540. The highest BCUT2D eigenvalue weighted by molar-refractivity contribution is 5.81. The van der Waals surface area contributed by atoms with Gasteiger partial charge in [-0.25, -0.2) is 4.68 Å². The first-order chi connectivity index (χ1) is 17.1.